The van der Waals surface area contributed by atoms with Gasteiger partial charge in [0.1, 0.15) is 5.82 Å². The minimum Gasteiger partial charge on any atom is -0.394 e. The minimum atomic E-state index is -0.666. The average Bonchev–Trinajstić information content (AvgIpc) is 2.31. The Hall–Kier alpha value is -1.17. The number of carbonyl (C=O) groups is 1. The summed E-state index contributed by atoms with van der Waals surface area (Å²) in [7, 11) is 1.44. The molecule has 0 heterocycles. The first-order valence-electron chi connectivity index (χ1n) is 4.94. The van der Waals surface area contributed by atoms with E-state index in [-0.39, 0.29) is 23.8 Å². The number of aliphatic hydroxyl groups is 1. The molecule has 1 amide bonds. The summed E-state index contributed by atoms with van der Waals surface area (Å²) in [5, 5.41) is 11.7. The molecule has 0 spiro atoms. The molecule has 4 nitrogen and oxygen atoms in total. The number of benzene rings is 1. The molecule has 0 bridgehead atoms. The fourth-order valence-corrected chi connectivity index (χ4v) is 1.45. The molecule has 0 aliphatic carbocycles. The van der Waals surface area contributed by atoms with Crippen LogP contribution in [0, 0.1) is 5.82 Å². The highest BCUT2D eigenvalue weighted by atomic mass is 35.5. The molecule has 1 aromatic carbocycles. The van der Waals surface area contributed by atoms with E-state index in [1.54, 1.807) is 0 Å². The van der Waals surface area contributed by atoms with Crippen molar-refractivity contribution in [2.75, 3.05) is 20.3 Å². The maximum atomic E-state index is 13.3. The molecule has 6 heteroatoms. The van der Waals surface area contributed by atoms with Gasteiger partial charge in [0, 0.05) is 12.1 Å². The van der Waals surface area contributed by atoms with Gasteiger partial charge in [0.05, 0.1) is 24.8 Å². The van der Waals surface area contributed by atoms with Crippen molar-refractivity contribution in [2.24, 2.45) is 0 Å². The van der Waals surface area contributed by atoms with Gasteiger partial charge in [-0.2, -0.15) is 0 Å². The van der Waals surface area contributed by atoms with E-state index < -0.39 is 17.8 Å². The molecular weight excluding hydrogens is 249 g/mol. The summed E-state index contributed by atoms with van der Waals surface area (Å²) in [6.07, 6.45) is 0. The molecule has 1 aromatic rings. The first-order valence-corrected chi connectivity index (χ1v) is 5.32. The van der Waals surface area contributed by atoms with Crippen LogP contribution in [0.3, 0.4) is 0 Å². The van der Waals surface area contributed by atoms with E-state index in [1.165, 1.54) is 19.2 Å². The molecule has 0 aliphatic rings. The maximum Gasteiger partial charge on any atom is 0.254 e. The van der Waals surface area contributed by atoms with Gasteiger partial charge in [0.25, 0.3) is 5.91 Å². The zero-order valence-electron chi connectivity index (χ0n) is 9.24. The molecule has 2 N–H and O–H groups in total. The largest absolute Gasteiger partial charge is 0.394 e. The normalized spacial score (nSPS) is 12.2. The molecule has 17 heavy (non-hydrogen) atoms. The van der Waals surface area contributed by atoms with Crippen molar-refractivity contribution < 1.29 is 19.0 Å². The van der Waals surface area contributed by atoms with Crippen molar-refractivity contribution in [2.45, 2.75) is 6.04 Å². The Morgan fingerprint density at radius 3 is 2.94 bits per heavy atom. The third-order valence-electron chi connectivity index (χ3n) is 2.10. The Balaban J connectivity index is 2.78. The van der Waals surface area contributed by atoms with Crippen LogP contribution in [-0.2, 0) is 4.74 Å². The number of amides is 1. The number of halogens is 2. The van der Waals surface area contributed by atoms with Crippen molar-refractivity contribution in [3.05, 3.63) is 34.6 Å². The zero-order valence-corrected chi connectivity index (χ0v) is 10.00. The second-order valence-electron chi connectivity index (χ2n) is 3.43. The van der Waals surface area contributed by atoms with E-state index >= 15 is 0 Å². The summed E-state index contributed by atoms with van der Waals surface area (Å²) in [6, 6.07) is 3.12. The summed E-state index contributed by atoms with van der Waals surface area (Å²) in [5.41, 5.74) is -0.160. The quantitative estimate of drug-likeness (QED) is 0.838. The third kappa shape index (κ3) is 3.96. The van der Waals surface area contributed by atoms with Crippen LogP contribution < -0.4 is 5.32 Å². The van der Waals surface area contributed by atoms with Crippen molar-refractivity contribution >= 4 is 17.5 Å². The van der Waals surface area contributed by atoms with Gasteiger partial charge in [-0.05, 0) is 18.2 Å². The van der Waals surface area contributed by atoms with E-state index in [2.05, 4.69) is 5.32 Å². The van der Waals surface area contributed by atoms with Gasteiger partial charge in [0.15, 0.2) is 0 Å². The van der Waals surface area contributed by atoms with Gasteiger partial charge in [-0.1, -0.05) is 11.6 Å². The average molecular weight is 262 g/mol. The molecule has 0 fully saturated rings. The summed E-state index contributed by atoms with van der Waals surface area (Å²) in [5.74, 6) is -1.30. The zero-order chi connectivity index (χ0) is 12.8. The van der Waals surface area contributed by atoms with Crippen LogP contribution in [0.5, 0.6) is 0 Å². The van der Waals surface area contributed by atoms with Crippen LogP contribution in [0.15, 0.2) is 18.2 Å². The van der Waals surface area contributed by atoms with Gasteiger partial charge < -0.3 is 15.2 Å². The lowest BCUT2D eigenvalue weighted by molar-refractivity contribution is 0.0836. The Labute approximate surface area is 103 Å². The van der Waals surface area contributed by atoms with E-state index in [0.717, 1.165) is 6.07 Å². The Morgan fingerprint density at radius 1 is 1.65 bits per heavy atom. The van der Waals surface area contributed by atoms with Crippen LogP contribution in [0.4, 0.5) is 4.39 Å². The number of aliphatic hydroxyl groups excluding tert-OH is 1. The second kappa shape index (κ2) is 6.54. The standard InChI is InChI=1S/C11H13ClFNO3/c1-17-6-8(5-15)14-11(16)9-4-7(12)2-3-10(9)13/h2-4,8,15H,5-6H2,1H3,(H,14,16). The van der Waals surface area contributed by atoms with E-state index in [4.69, 9.17) is 21.4 Å². The molecule has 1 unspecified atom stereocenters. The number of methoxy groups -OCH3 is 1. The molecular formula is C11H13ClFNO3. The third-order valence-corrected chi connectivity index (χ3v) is 2.33. The van der Waals surface area contributed by atoms with Crippen molar-refractivity contribution in [1.82, 2.24) is 5.32 Å². The number of nitrogens with one attached hydrogen (secondary N) is 1. The van der Waals surface area contributed by atoms with Gasteiger partial charge in [0.2, 0.25) is 0 Å². The van der Waals surface area contributed by atoms with Crippen LogP contribution in [0.1, 0.15) is 10.4 Å². The van der Waals surface area contributed by atoms with Crippen molar-refractivity contribution in [3.8, 4) is 0 Å². The molecule has 0 saturated heterocycles. The lowest BCUT2D eigenvalue weighted by Crippen LogP contribution is -2.40. The predicted octanol–water partition coefficient (Wildman–Crippen LogP) is 1.22. The number of hydrogen-bond acceptors (Lipinski definition) is 3. The van der Waals surface area contributed by atoms with Crippen LogP contribution >= 0.6 is 11.6 Å². The van der Waals surface area contributed by atoms with Crippen LogP contribution in [-0.4, -0.2) is 37.4 Å². The molecule has 0 saturated carbocycles. The first kappa shape index (κ1) is 13.9. The molecule has 1 atom stereocenters. The predicted molar refractivity (Wildman–Crippen MR) is 61.6 cm³/mol. The van der Waals surface area contributed by atoms with Gasteiger partial charge in [-0.25, -0.2) is 4.39 Å². The maximum absolute atomic E-state index is 13.3. The SMILES string of the molecule is COCC(CO)NC(=O)c1cc(Cl)ccc1F. The highest BCUT2D eigenvalue weighted by molar-refractivity contribution is 6.31. The highest BCUT2D eigenvalue weighted by Crippen LogP contribution is 2.14. The fraction of sp³-hybridized carbons (Fsp3) is 0.364. The van der Waals surface area contributed by atoms with E-state index in [0.29, 0.717) is 0 Å². The smallest absolute Gasteiger partial charge is 0.254 e. The van der Waals surface area contributed by atoms with Crippen LogP contribution in [0.2, 0.25) is 5.02 Å². The summed E-state index contributed by atoms with van der Waals surface area (Å²) >= 11 is 5.67. The monoisotopic (exact) mass is 261 g/mol. The molecule has 94 valence electrons. The van der Waals surface area contributed by atoms with E-state index in [9.17, 15) is 9.18 Å². The fourth-order valence-electron chi connectivity index (χ4n) is 1.28. The molecule has 0 aliphatic heterocycles. The lowest BCUT2D eigenvalue weighted by atomic mass is 10.2. The van der Waals surface area contributed by atoms with Crippen LogP contribution in [0.25, 0.3) is 0 Å². The molecule has 0 aromatic heterocycles. The first-order chi connectivity index (χ1) is 8.08. The Bertz CT molecular complexity index is 400. The highest BCUT2D eigenvalue weighted by Gasteiger charge is 2.16. The number of ether oxygens (including phenoxy) is 1. The summed E-state index contributed by atoms with van der Waals surface area (Å²) in [6.45, 7) is -0.147. The topological polar surface area (TPSA) is 58.6 Å². The van der Waals surface area contributed by atoms with Gasteiger partial charge in [-0.3, -0.25) is 4.79 Å². The number of carbonyl (C=O) groups excluding carboxylic acids is 1. The second-order valence-corrected chi connectivity index (χ2v) is 3.87. The van der Waals surface area contributed by atoms with Crippen molar-refractivity contribution in [1.29, 1.82) is 0 Å². The summed E-state index contributed by atoms with van der Waals surface area (Å²) < 4.78 is 18.1. The number of hydrogen-bond donors (Lipinski definition) is 2. The minimum absolute atomic E-state index is 0.143. The van der Waals surface area contributed by atoms with Gasteiger partial charge >= 0.3 is 0 Å². The molecule has 1 rings (SSSR count). The lowest BCUT2D eigenvalue weighted by Gasteiger charge is -2.15. The number of rotatable bonds is 5. The molecule has 0 radical (unpaired) electrons. The van der Waals surface area contributed by atoms with E-state index in [1.807, 2.05) is 0 Å². The Kier molecular flexibility index (Phi) is 5.34. The summed E-state index contributed by atoms with van der Waals surface area (Å²) in [4.78, 5) is 11.7. The Morgan fingerprint density at radius 2 is 2.35 bits per heavy atom. The van der Waals surface area contributed by atoms with Gasteiger partial charge in [-0.15, -0.1) is 0 Å². The van der Waals surface area contributed by atoms with Crippen molar-refractivity contribution in [3.63, 3.8) is 0 Å².